The first kappa shape index (κ1) is 15.5. The lowest BCUT2D eigenvalue weighted by Gasteiger charge is -2.08. The first-order valence-corrected chi connectivity index (χ1v) is 6.12. The van der Waals surface area contributed by atoms with Gasteiger partial charge in [0.1, 0.15) is 0 Å². The quantitative estimate of drug-likeness (QED) is 0.466. The third kappa shape index (κ3) is 4.22. The van der Waals surface area contributed by atoms with Crippen molar-refractivity contribution in [1.29, 1.82) is 0 Å². The normalized spacial score (nSPS) is 12.2. The van der Waals surface area contributed by atoms with Gasteiger partial charge in [-0.15, -0.1) is 11.6 Å². The van der Waals surface area contributed by atoms with Gasteiger partial charge in [-0.25, -0.2) is 4.57 Å². The van der Waals surface area contributed by atoms with Crippen LogP contribution in [0.15, 0.2) is 12.1 Å². The van der Waals surface area contributed by atoms with Crippen molar-refractivity contribution in [2.75, 3.05) is 20.3 Å². The molecule has 19 heavy (non-hydrogen) atoms. The van der Waals surface area contributed by atoms with Crippen LogP contribution in [0.3, 0.4) is 0 Å². The fraction of sp³-hybridized carbons (Fsp3) is 0.545. The average molecular weight is 290 g/mol. The number of nitrogens with one attached hydrogen (secondary N) is 1. The van der Waals surface area contributed by atoms with Gasteiger partial charge in [0.25, 0.3) is 5.91 Å². The molecule has 0 saturated heterocycles. The van der Waals surface area contributed by atoms with Gasteiger partial charge >= 0.3 is 5.82 Å². The number of hydrogen-bond donors (Lipinski definition) is 1. The van der Waals surface area contributed by atoms with Crippen LogP contribution in [0.4, 0.5) is 5.82 Å². The number of methoxy groups -OCH3 is 1. The van der Waals surface area contributed by atoms with Crippen molar-refractivity contribution in [3.63, 3.8) is 0 Å². The van der Waals surface area contributed by atoms with Crippen LogP contribution in [0.1, 0.15) is 16.9 Å². The van der Waals surface area contributed by atoms with Gasteiger partial charge in [-0.05, 0) is 17.4 Å². The van der Waals surface area contributed by atoms with Crippen molar-refractivity contribution in [2.45, 2.75) is 11.8 Å². The monoisotopic (exact) mass is 289 g/mol. The summed E-state index contributed by atoms with van der Waals surface area (Å²) in [6, 6.07) is 2.71. The third-order valence-electron chi connectivity index (χ3n) is 2.61. The molecular weight excluding hydrogens is 274 g/mol. The highest BCUT2D eigenvalue weighted by Crippen LogP contribution is 2.14. The molecule has 0 aliphatic carbocycles. The summed E-state index contributed by atoms with van der Waals surface area (Å²) in [6.07, 6.45) is 0.563. The van der Waals surface area contributed by atoms with E-state index in [0.717, 1.165) is 0 Å². The van der Waals surface area contributed by atoms with Gasteiger partial charge in [-0.2, -0.15) is 0 Å². The van der Waals surface area contributed by atoms with Gasteiger partial charge in [-0.3, -0.25) is 4.79 Å². The number of halogens is 1. The molecule has 8 heteroatoms. The molecule has 0 fully saturated rings. The highest BCUT2D eigenvalue weighted by atomic mass is 35.5. The van der Waals surface area contributed by atoms with Crippen LogP contribution in [0.5, 0.6) is 0 Å². The van der Waals surface area contributed by atoms with Gasteiger partial charge < -0.3 is 20.2 Å². The minimum absolute atomic E-state index is 0.125. The van der Waals surface area contributed by atoms with Crippen LogP contribution in [-0.2, 0) is 11.8 Å². The molecule has 1 aromatic heterocycles. The number of carbonyl (C=O) groups is 1. The Bertz CT molecular complexity index is 461. The maximum absolute atomic E-state index is 11.8. The zero-order valence-electron chi connectivity index (χ0n) is 10.8. The van der Waals surface area contributed by atoms with E-state index in [1.54, 1.807) is 7.11 Å². The number of hydrogen-bond acceptors (Lipinski definition) is 4. The van der Waals surface area contributed by atoms with Gasteiger partial charge in [0.05, 0.1) is 19.0 Å². The van der Waals surface area contributed by atoms with Crippen LogP contribution in [-0.4, -0.2) is 41.0 Å². The van der Waals surface area contributed by atoms with E-state index in [1.165, 1.54) is 23.7 Å². The summed E-state index contributed by atoms with van der Waals surface area (Å²) >= 11 is 5.92. The molecule has 1 heterocycles. The number of nitrogens with zero attached hydrogens (tertiary/aromatic N) is 2. The Morgan fingerprint density at radius 3 is 2.84 bits per heavy atom. The Morgan fingerprint density at radius 1 is 1.63 bits per heavy atom. The lowest BCUT2D eigenvalue weighted by molar-refractivity contribution is -0.391. The SMILES string of the molecule is COCC(Cl)CCNC(=O)c1ccc([N+](=O)[O-])n1C. The number of alkyl halides is 1. The molecule has 0 saturated carbocycles. The zero-order chi connectivity index (χ0) is 14.4. The fourth-order valence-electron chi connectivity index (χ4n) is 1.61. The molecule has 1 aromatic rings. The van der Waals surface area contributed by atoms with Crippen LogP contribution in [0.2, 0.25) is 0 Å². The second-order valence-electron chi connectivity index (χ2n) is 3.99. The van der Waals surface area contributed by atoms with Crippen molar-refractivity contribution in [1.82, 2.24) is 9.88 Å². The topological polar surface area (TPSA) is 86.4 Å². The Kier molecular flexibility index (Phi) is 5.78. The fourth-order valence-corrected chi connectivity index (χ4v) is 1.84. The Hall–Kier alpha value is -1.60. The second-order valence-corrected chi connectivity index (χ2v) is 4.61. The first-order chi connectivity index (χ1) is 8.97. The molecule has 0 radical (unpaired) electrons. The predicted octanol–water partition coefficient (Wildman–Crippen LogP) is 1.31. The lowest BCUT2D eigenvalue weighted by atomic mass is 10.3. The largest absolute Gasteiger partial charge is 0.383 e. The lowest BCUT2D eigenvalue weighted by Crippen LogP contribution is -2.28. The van der Waals surface area contributed by atoms with Crippen molar-refractivity contribution in [3.05, 3.63) is 27.9 Å². The molecule has 0 aliphatic rings. The number of rotatable bonds is 7. The van der Waals surface area contributed by atoms with E-state index in [9.17, 15) is 14.9 Å². The molecular formula is C11H16ClN3O4. The first-order valence-electron chi connectivity index (χ1n) is 5.68. The standard InChI is InChI=1S/C11H16ClN3O4/c1-14-9(3-4-10(14)15(17)18)11(16)13-6-5-8(12)7-19-2/h3-4,8H,5-7H2,1-2H3,(H,13,16). The molecule has 0 spiro atoms. The van der Waals surface area contributed by atoms with Crippen molar-refractivity contribution in [3.8, 4) is 0 Å². The molecule has 1 amide bonds. The Labute approximate surface area is 115 Å². The summed E-state index contributed by atoms with van der Waals surface area (Å²) in [5, 5.41) is 13.1. The summed E-state index contributed by atoms with van der Waals surface area (Å²) in [5.41, 5.74) is 0.240. The van der Waals surface area contributed by atoms with Crippen LogP contribution >= 0.6 is 11.6 Å². The van der Waals surface area contributed by atoms with E-state index < -0.39 is 4.92 Å². The second kappa shape index (κ2) is 7.10. The minimum atomic E-state index is -0.538. The molecule has 7 nitrogen and oxygen atoms in total. The van der Waals surface area contributed by atoms with E-state index in [-0.39, 0.29) is 22.8 Å². The van der Waals surface area contributed by atoms with Crippen molar-refractivity contribution in [2.24, 2.45) is 7.05 Å². The molecule has 1 rings (SSSR count). The van der Waals surface area contributed by atoms with Gasteiger partial charge in [0, 0.05) is 19.7 Å². The minimum Gasteiger partial charge on any atom is -0.383 e. The molecule has 1 atom stereocenters. The maximum Gasteiger partial charge on any atom is 0.323 e. The summed E-state index contributed by atoms with van der Waals surface area (Å²) in [5.74, 6) is -0.489. The van der Waals surface area contributed by atoms with Gasteiger partial charge in [-0.1, -0.05) is 0 Å². The number of carbonyl (C=O) groups excluding carboxylic acids is 1. The van der Waals surface area contributed by atoms with Crippen LogP contribution in [0, 0.1) is 10.1 Å². The number of amides is 1. The van der Waals surface area contributed by atoms with Crippen molar-refractivity contribution >= 4 is 23.3 Å². The number of ether oxygens (including phenoxy) is 1. The highest BCUT2D eigenvalue weighted by Gasteiger charge is 2.20. The molecule has 1 N–H and O–H groups in total. The molecule has 0 aliphatic heterocycles. The Balaban J connectivity index is 2.52. The summed E-state index contributed by atoms with van der Waals surface area (Å²) in [7, 11) is 3.03. The third-order valence-corrected chi connectivity index (χ3v) is 2.95. The molecule has 0 bridgehead atoms. The van der Waals surface area contributed by atoms with E-state index in [2.05, 4.69) is 5.32 Å². The van der Waals surface area contributed by atoms with Crippen LogP contribution < -0.4 is 5.32 Å². The zero-order valence-corrected chi connectivity index (χ0v) is 11.5. The Morgan fingerprint density at radius 2 is 2.32 bits per heavy atom. The number of aromatic nitrogens is 1. The summed E-state index contributed by atoms with van der Waals surface area (Å²) in [6.45, 7) is 0.794. The smallest absolute Gasteiger partial charge is 0.323 e. The summed E-state index contributed by atoms with van der Waals surface area (Å²) in [4.78, 5) is 21.9. The number of nitro groups is 1. The van der Waals surface area contributed by atoms with E-state index in [1.807, 2.05) is 0 Å². The maximum atomic E-state index is 11.8. The van der Waals surface area contributed by atoms with Crippen LogP contribution in [0.25, 0.3) is 0 Å². The molecule has 106 valence electrons. The van der Waals surface area contributed by atoms with Crippen molar-refractivity contribution < 1.29 is 14.5 Å². The highest BCUT2D eigenvalue weighted by molar-refractivity contribution is 6.20. The van der Waals surface area contributed by atoms with E-state index >= 15 is 0 Å². The van der Waals surface area contributed by atoms with E-state index in [4.69, 9.17) is 16.3 Å². The van der Waals surface area contributed by atoms with Gasteiger partial charge in [0.2, 0.25) is 0 Å². The predicted molar refractivity (Wildman–Crippen MR) is 70.5 cm³/mol. The molecule has 0 aromatic carbocycles. The summed E-state index contributed by atoms with van der Waals surface area (Å²) < 4.78 is 6.11. The average Bonchev–Trinajstić information content (AvgIpc) is 2.71. The molecule has 1 unspecified atom stereocenters. The van der Waals surface area contributed by atoms with Gasteiger partial charge in [0.15, 0.2) is 5.69 Å². The van der Waals surface area contributed by atoms with E-state index in [0.29, 0.717) is 19.6 Å².